The van der Waals surface area contributed by atoms with Gasteiger partial charge in [-0.3, -0.25) is 0 Å². The van der Waals surface area contributed by atoms with E-state index in [1.54, 1.807) is 5.57 Å². The largest absolute Gasteiger partial charge is 0.135 e. The Labute approximate surface area is 136 Å². The minimum atomic E-state index is 1.24. The van der Waals surface area contributed by atoms with E-state index in [9.17, 15) is 0 Å². The summed E-state index contributed by atoms with van der Waals surface area (Å²) in [6, 6.07) is 13.4. The molecule has 0 N–H and O–H groups in total. The molecule has 4 rings (SSSR count). The maximum Gasteiger partial charge on any atom is 0.0441 e. The van der Waals surface area contributed by atoms with E-state index in [4.69, 9.17) is 0 Å². The van der Waals surface area contributed by atoms with Crippen LogP contribution in [0.3, 0.4) is 0 Å². The van der Waals surface area contributed by atoms with Crippen LogP contribution < -0.4 is 0 Å². The van der Waals surface area contributed by atoms with Gasteiger partial charge in [0.15, 0.2) is 0 Å². The molecule has 1 aliphatic rings. The van der Waals surface area contributed by atoms with Crippen molar-refractivity contribution in [3.8, 4) is 0 Å². The first-order valence-corrected chi connectivity index (χ1v) is 9.03. The van der Waals surface area contributed by atoms with E-state index in [0.717, 1.165) is 0 Å². The molecule has 0 radical (unpaired) electrons. The Morgan fingerprint density at radius 1 is 0.950 bits per heavy atom. The van der Waals surface area contributed by atoms with Crippen LogP contribution in [-0.2, 0) is 0 Å². The van der Waals surface area contributed by atoms with Gasteiger partial charge in [-0.2, -0.15) is 0 Å². The van der Waals surface area contributed by atoms with Crippen molar-refractivity contribution in [3.05, 3.63) is 51.6 Å². The first-order chi connectivity index (χ1) is 9.84. The highest BCUT2D eigenvalue weighted by Gasteiger charge is 2.16. The Morgan fingerprint density at radius 3 is 2.70 bits per heavy atom. The lowest BCUT2D eigenvalue weighted by atomic mass is 9.93. The molecule has 1 aliphatic carbocycles. The molecule has 3 aromatic rings. The minimum absolute atomic E-state index is 1.24. The molecular formula is C18H15IS. The molecule has 20 heavy (non-hydrogen) atoms. The van der Waals surface area contributed by atoms with Crippen LogP contribution in [0.2, 0.25) is 0 Å². The molecule has 2 heteroatoms. The Kier molecular flexibility index (Phi) is 3.31. The normalized spacial score (nSPS) is 15.8. The Morgan fingerprint density at radius 2 is 1.85 bits per heavy atom. The van der Waals surface area contributed by atoms with E-state index >= 15 is 0 Å². The lowest BCUT2D eigenvalue weighted by molar-refractivity contribution is 0.742. The van der Waals surface area contributed by atoms with E-state index in [-0.39, 0.29) is 0 Å². The molecule has 0 spiro atoms. The number of thiophene rings is 1. The Hall–Kier alpha value is -0.870. The number of halogens is 1. The number of hydrogen-bond acceptors (Lipinski definition) is 1. The maximum absolute atomic E-state index is 2.50. The predicted molar refractivity (Wildman–Crippen MR) is 98.5 cm³/mol. The molecule has 0 fully saturated rings. The minimum Gasteiger partial charge on any atom is -0.135 e. The number of hydrogen-bond donors (Lipinski definition) is 0. The zero-order valence-corrected chi connectivity index (χ0v) is 14.1. The van der Waals surface area contributed by atoms with Crippen LogP contribution >= 0.6 is 33.9 Å². The summed E-state index contributed by atoms with van der Waals surface area (Å²) < 4.78 is 4.28. The fourth-order valence-electron chi connectivity index (χ4n) is 3.13. The fraction of sp³-hybridized carbons (Fsp3) is 0.222. The van der Waals surface area contributed by atoms with Gasteiger partial charge in [0.2, 0.25) is 0 Å². The molecule has 100 valence electrons. The van der Waals surface area contributed by atoms with E-state index in [0.29, 0.717) is 0 Å². The summed E-state index contributed by atoms with van der Waals surface area (Å²) in [4.78, 5) is 0. The van der Waals surface area contributed by atoms with Crippen LogP contribution in [0, 0.1) is 3.57 Å². The zero-order chi connectivity index (χ0) is 13.5. The lowest BCUT2D eigenvalue weighted by Gasteiger charge is -2.15. The molecule has 0 bridgehead atoms. The summed E-state index contributed by atoms with van der Waals surface area (Å²) in [7, 11) is 0. The van der Waals surface area contributed by atoms with Crippen LogP contribution in [0.15, 0.2) is 42.5 Å². The van der Waals surface area contributed by atoms with Crippen molar-refractivity contribution >= 4 is 59.7 Å². The number of fused-ring (bicyclic) bond motifs is 3. The molecular weight excluding hydrogens is 375 g/mol. The second kappa shape index (κ2) is 5.15. The Bertz CT molecular complexity index is 826. The number of allylic oxidation sites excluding steroid dienone is 2. The highest BCUT2D eigenvalue weighted by atomic mass is 127. The average molecular weight is 390 g/mol. The van der Waals surface area contributed by atoms with Crippen molar-refractivity contribution in [1.82, 2.24) is 0 Å². The summed E-state index contributed by atoms with van der Waals surface area (Å²) in [5.41, 5.74) is 3.07. The van der Waals surface area contributed by atoms with Gasteiger partial charge in [0.25, 0.3) is 0 Å². The molecule has 0 nitrogen and oxygen atoms in total. The molecule has 0 saturated heterocycles. The van der Waals surface area contributed by atoms with Crippen LogP contribution in [0.5, 0.6) is 0 Å². The summed E-state index contributed by atoms with van der Waals surface area (Å²) in [6.07, 6.45) is 7.63. The summed E-state index contributed by atoms with van der Waals surface area (Å²) in [5.74, 6) is 0. The predicted octanol–water partition coefficient (Wildman–Crippen LogP) is 6.62. The van der Waals surface area contributed by atoms with Crippen LogP contribution in [0.4, 0.5) is 0 Å². The maximum atomic E-state index is 2.50. The average Bonchev–Trinajstić information content (AvgIpc) is 2.86. The molecule has 0 unspecified atom stereocenters. The highest BCUT2D eigenvalue weighted by Crippen LogP contribution is 2.42. The van der Waals surface area contributed by atoms with Crippen LogP contribution in [0.1, 0.15) is 31.2 Å². The highest BCUT2D eigenvalue weighted by molar-refractivity contribution is 14.1. The summed E-state index contributed by atoms with van der Waals surface area (Å²) >= 11 is 4.45. The van der Waals surface area contributed by atoms with Gasteiger partial charge >= 0.3 is 0 Å². The van der Waals surface area contributed by atoms with Crippen molar-refractivity contribution in [3.63, 3.8) is 0 Å². The quantitative estimate of drug-likeness (QED) is 0.410. The third-order valence-corrected chi connectivity index (χ3v) is 6.21. The molecule has 0 saturated carbocycles. The van der Waals surface area contributed by atoms with Gasteiger partial charge in [-0.15, -0.1) is 11.3 Å². The van der Waals surface area contributed by atoms with Gasteiger partial charge in [-0.05, 0) is 66.0 Å². The molecule has 1 aromatic heterocycles. The monoisotopic (exact) mass is 390 g/mol. The summed E-state index contributed by atoms with van der Waals surface area (Å²) in [6.45, 7) is 0. The number of rotatable bonds is 1. The van der Waals surface area contributed by atoms with Crippen molar-refractivity contribution in [2.45, 2.75) is 25.7 Å². The van der Waals surface area contributed by atoms with E-state index < -0.39 is 0 Å². The molecule has 0 atom stereocenters. The Balaban J connectivity index is 2.08. The second-order valence-electron chi connectivity index (χ2n) is 5.37. The van der Waals surface area contributed by atoms with Gasteiger partial charge in [-0.1, -0.05) is 30.3 Å². The van der Waals surface area contributed by atoms with Gasteiger partial charge in [0.05, 0.1) is 0 Å². The van der Waals surface area contributed by atoms with Crippen molar-refractivity contribution in [2.75, 3.05) is 0 Å². The molecule has 1 heterocycles. The molecule has 0 amide bonds. The van der Waals surface area contributed by atoms with Gasteiger partial charge in [-0.25, -0.2) is 0 Å². The summed E-state index contributed by atoms with van der Waals surface area (Å²) in [5, 5.41) is 2.83. The van der Waals surface area contributed by atoms with Crippen molar-refractivity contribution in [2.24, 2.45) is 0 Å². The third kappa shape index (κ3) is 2.01. The lowest BCUT2D eigenvalue weighted by Crippen LogP contribution is -1.94. The molecule has 2 aromatic carbocycles. The third-order valence-electron chi connectivity index (χ3n) is 4.11. The first kappa shape index (κ1) is 12.8. The van der Waals surface area contributed by atoms with E-state index in [1.807, 2.05) is 11.3 Å². The van der Waals surface area contributed by atoms with Gasteiger partial charge in [0.1, 0.15) is 0 Å². The van der Waals surface area contributed by atoms with E-state index in [1.165, 1.54) is 55.0 Å². The van der Waals surface area contributed by atoms with E-state index in [2.05, 4.69) is 65.1 Å². The smallest absolute Gasteiger partial charge is 0.0441 e. The topological polar surface area (TPSA) is 0 Å². The van der Waals surface area contributed by atoms with Gasteiger partial charge in [0, 0.05) is 29.3 Å². The standard InChI is InChI=1S/C18H15IS/c19-15-11-10-14-13-8-4-5-9-16(13)20-18(14)17(15)12-6-2-1-3-7-12/h4-6,8-11H,1-3,7H2. The first-order valence-electron chi connectivity index (χ1n) is 7.14. The SMILES string of the molecule is Ic1ccc2c(sc3ccccc32)c1C1=CCCCC1. The molecule has 0 aliphatic heterocycles. The zero-order valence-electron chi connectivity index (χ0n) is 11.2. The number of benzene rings is 2. The van der Waals surface area contributed by atoms with Crippen LogP contribution in [0.25, 0.3) is 25.7 Å². The van der Waals surface area contributed by atoms with Crippen molar-refractivity contribution in [1.29, 1.82) is 0 Å². The van der Waals surface area contributed by atoms with Crippen LogP contribution in [-0.4, -0.2) is 0 Å². The van der Waals surface area contributed by atoms with Gasteiger partial charge < -0.3 is 0 Å². The second-order valence-corrected chi connectivity index (χ2v) is 7.59. The fourth-order valence-corrected chi connectivity index (χ4v) is 5.39. The van der Waals surface area contributed by atoms with Crippen molar-refractivity contribution < 1.29 is 0 Å².